The van der Waals surface area contributed by atoms with E-state index >= 15 is 0 Å². The van der Waals surface area contributed by atoms with Gasteiger partial charge in [0.15, 0.2) is 0 Å². The van der Waals surface area contributed by atoms with Crippen LogP contribution in [-0.4, -0.2) is 38.9 Å². The summed E-state index contributed by atoms with van der Waals surface area (Å²) in [7, 11) is 0. The maximum atomic E-state index is 13.2. The number of carbonyl (C=O) groups excluding carboxylic acids is 1. The first-order valence-electron chi connectivity index (χ1n) is 10.9. The Labute approximate surface area is 183 Å². The van der Waals surface area contributed by atoms with Crippen LogP contribution in [0.15, 0.2) is 55.0 Å². The summed E-state index contributed by atoms with van der Waals surface area (Å²) in [6, 6.07) is 11.9. The van der Waals surface area contributed by atoms with Gasteiger partial charge in [0.1, 0.15) is 11.6 Å². The predicted octanol–water partition coefficient (Wildman–Crippen LogP) is 4.54. The van der Waals surface area contributed by atoms with Gasteiger partial charge < -0.3 is 9.64 Å². The number of rotatable bonds is 7. The molecule has 3 aromatic rings. The zero-order chi connectivity index (χ0) is 21.6. The van der Waals surface area contributed by atoms with E-state index in [9.17, 15) is 4.79 Å². The first-order chi connectivity index (χ1) is 15.2. The lowest BCUT2D eigenvalue weighted by Crippen LogP contribution is -2.31. The van der Waals surface area contributed by atoms with Gasteiger partial charge in [0.2, 0.25) is 5.91 Å². The van der Waals surface area contributed by atoms with Gasteiger partial charge in [-0.1, -0.05) is 12.1 Å². The molecule has 3 heterocycles. The highest BCUT2D eigenvalue weighted by molar-refractivity contribution is 5.78. The molecule has 1 aliphatic rings. The molecule has 0 N–H and O–H groups in total. The lowest BCUT2D eigenvalue weighted by molar-refractivity contribution is -0.132. The van der Waals surface area contributed by atoms with Crippen molar-refractivity contribution in [3.05, 3.63) is 72.1 Å². The Hall–Kier alpha value is -3.28. The highest BCUT2D eigenvalue weighted by Crippen LogP contribution is 2.36. The molecule has 0 saturated carbocycles. The number of hydrogen-bond donors (Lipinski definition) is 0. The van der Waals surface area contributed by atoms with E-state index in [1.165, 1.54) is 0 Å². The van der Waals surface area contributed by atoms with Crippen LogP contribution < -0.4 is 4.74 Å². The molecule has 1 saturated heterocycles. The summed E-state index contributed by atoms with van der Waals surface area (Å²) < 4.78 is 5.50. The molecule has 1 amide bonds. The minimum atomic E-state index is -0.0160. The average Bonchev–Trinajstić information content (AvgIpc) is 3.29. The Morgan fingerprint density at radius 3 is 2.68 bits per heavy atom. The molecule has 1 unspecified atom stereocenters. The van der Waals surface area contributed by atoms with Crippen molar-refractivity contribution in [2.75, 3.05) is 13.2 Å². The zero-order valence-electron chi connectivity index (χ0n) is 18.1. The lowest BCUT2D eigenvalue weighted by Gasteiger charge is -2.26. The van der Waals surface area contributed by atoms with Crippen molar-refractivity contribution in [1.82, 2.24) is 19.9 Å². The van der Waals surface area contributed by atoms with Crippen molar-refractivity contribution in [3.63, 3.8) is 0 Å². The number of nitrogens with zero attached hydrogens (tertiary/aromatic N) is 4. The zero-order valence-corrected chi connectivity index (χ0v) is 18.1. The molecular formula is C25H28N4O2. The monoisotopic (exact) mass is 416 g/mol. The summed E-state index contributed by atoms with van der Waals surface area (Å²) >= 11 is 0. The number of hydrogen-bond acceptors (Lipinski definition) is 5. The number of carbonyl (C=O) groups is 1. The largest absolute Gasteiger partial charge is 0.494 e. The molecule has 160 valence electrons. The Morgan fingerprint density at radius 1 is 1.16 bits per heavy atom. The fraction of sp³-hybridized carbons (Fsp3) is 0.360. The van der Waals surface area contributed by atoms with Crippen LogP contribution in [-0.2, 0) is 11.2 Å². The second-order valence-corrected chi connectivity index (χ2v) is 7.77. The van der Waals surface area contributed by atoms with Gasteiger partial charge >= 0.3 is 0 Å². The molecule has 1 aromatic carbocycles. The van der Waals surface area contributed by atoms with Crippen molar-refractivity contribution >= 4 is 5.91 Å². The molecular weight excluding hydrogens is 388 g/mol. The van der Waals surface area contributed by atoms with Gasteiger partial charge in [-0.3, -0.25) is 9.78 Å². The van der Waals surface area contributed by atoms with Crippen LogP contribution in [0.3, 0.4) is 0 Å². The summed E-state index contributed by atoms with van der Waals surface area (Å²) in [5.74, 6) is 1.76. The SMILES string of the molecule is CCOc1ccc(CCC(=O)N2CCCC2c2nc(C)ncc2-c2ccncc2)cc1. The van der Waals surface area contributed by atoms with Crippen LogP contribution in [0.5, 0.6) is 5.75 Å². The van der Waals surface area contributed by atoms with Crippen LogP contribution in [0.2, 0.25) is 0 Å². The topological polar surface area (TPSA) is 68.2 Å². The third-order valence-electron chi connectivity index (χ3n) is 5.68. The van der Waals surface area contributed by atoms with Crippen molar-refractivity contribution in [1.29, 1.82) is 0 Å². The van der Waals surface area contributed by atoms with E-state index in [2.05, 4.69) is 9.97 Å². The smallest absolute Gasteiger partial charge is 0.223 e. The number of amides is 1. The highest BCUT2D eigenvalue weighted by Gasteiger charge is 2.32. The number of benzene rings is 1. The number of aryl methyl sites for hydroxylation is 2. The van der Waals surface area contributed by atoms with E-state index in [0.717, 1.165) is 53.3 Å². The van der Waals surface area contributed by atoms with Crippen LogP contribution in [0, 0.1) is 6.92 Å². The van der Waals surface area contributed by atoms with Crippen LogP contribution >= 0.6 is 0 Å². The Balaban J connectivity index is 1.50. The molecule has 31 heavy (non-hydrogen) atoms. The third-order valence-corrected chi connectivity index (χ3v) is 5.68. The van der Waals surface area contributed by atoms with Gasteiger partial charge in [0, 0.05) is 37.1 Å². The highest BCUT2D eigenvalue weighted by atomic mass is 16.5. The number of pyridine rings is 1. The number of likely N-dealkylation sites (tertiary alicyclic amines) is 1. The van der Waals surface area contributed by atoms with Gasteiger partial charge in [-0.15, -0.1) is 0 Å². The second-order valence-electron chi connectivity index (χ2n) is 7.77. The standard InChI is InChI=1S/C25H28N4O2/c1-3-31-21-9-6-19(7-10-21)8-11-24(30)29-16-4-5-23(29)25-22(17-27-18(2)28-25)20-12-14-26-15-13-20/h6-7,9-10,12-15,17,23H,3-5,8,11,16H2,1-2H3. The molecule has 1 atom stereocenters. The maximum Gasteiger partial charge on any atom is 0.223 e. The van der Waals surface area contributed by atoms with Gasteiger partial charge in [-0.2, -0.15) is 0 Å². The van der Waals surface area contributed by atoms with Gasteiger partial charge in [-0.05, 0) is 68.5 Å². The van der Waals surface area contributed by atoms with Crippen molar-refractivity contribution < 1.29 is 9.53 Å². The molecule has 0 aliphatic carbocycles. The molecule has 0 spiro atoms. The lowest BCUT2D eigenvalue weighted by atomic mass is 10.00. The minimum absolute atomic E-state index is 0.0160. The molecule has 1 fully saturated rings. The van der Waals surface area contributed by atoms with Gasteiger partial charge in [0.05, 0.1) is 18.3 Å². The van der Waals surface area contributed by atoms with Crippen molar-refractivity contribution in [2.24, 2.45) is 0 Å². The fourth-order valence-corrected chi connectivity index (χ4v) is 4.16. The van der Waals surface area contributed by atoms with Crippen LogP contribution in [0.4, 0.5) is 0 Å². The Bertz CT molecular complexity index is 1020. The average molecular weight is 417 g/mol. The predicted molar refractivity (Wildman–Crippen MR) is 120 cm³/mol. The molecule has 0 bridgehead atoms. The number of aromatic nitrogens is 3. The van der Waals surface area contributed by atoms with Gasteiger partial charge in [-0.25, -0.2) is 9.97 Å². The van der Waals surface area contributed by atoms with Crippen molar-refractivity contribution in [3.8, 4) is 16.9 Å². The first kappa shape index (κ1) is 21.0. The summed E-state index contributed by atoms with van der Waals surface area (Å²) in [6.07, 6.45) is 8.52. The maximum absolute atomic E-state index is 13.2. The summed E-state index contributed by atoms with van der Waals surface area (Å²) in [5.41, 5.74) is 4.08. The first-order valence-corrected chi connectivity index (χ1v) is 10.9. The fourth-order valence-electron chi connectivity index (χ4n) is 4.16. The molecule has 4 rings (SSSR count). The summed E-state index contributed by atoms with van der Waals surface area (Å²) in [4.78, 5) is 28.4. The minimum Gasteiger partial charge on any atom is -0.494 e. The van der Waals surface area contributed by atoms with E-state index in [-0.39, 0.29) is 11.9 Å². The molecule has 0 radical (unpaired) electrons. The van der Waals surface area contributed by atoms with E-state index < -0.39 is 0 Å². The van der Waals surface area contributed by atoms with E-state index in [1.54, 1.807) is 12.4 Å². The number of ether oxygens (including phenoxy) is 1. The van der Waals surface area contributed by atoms with Crippen molar-refractivity contribution in [2.45, 2.75) is 45.6 Å². The summed E-state index contributed by atoms with van der Waals surface area (Å²) in [5, 5.41) is 0. The Morgan fingerprint density at radius 2 is 1.94 bits per heavy atom. The Kier molecular flexibility index (Phi) is 6.55. The molecule has 6 nitrogen and oxygen atoms in total. The van der Waals surface area contributed by atoms with Crippen LogP contribution in [0.1, 0.15) is 49.3 Å². The quantitative estimate of drug-likeness (QED) is 0.566. The molecule has 2 aromatic heterocycles. The van der Waals surface area contributed by atoms with Gasteiger partial charge in [0.25, 0.3) is 0 Å². The van der Waals surface area contributed by atoms with E-state index in [4.69, 9.17) is 9.72 Å². The summed E-state index contributed by atoms with van der Waals surface area (Å²) in [6.45, 7) is 5.29. The normalized spacial score (nSPS) is 15.8. The second kappa shape index (κ2) is 9.69. The molecule has 1 aliphatic heterocycles. The van der Waals surface area contributed by atoms with Crippen LogP contribution in [0.25, 0.3) is 11.1 Å². The van der Waals surface area contributed by atoms with E-state index in [1.807, 2.05) is 61.3 Å². The molecule has 6 heteroatoms. The van der Waals surface area contributed by atoms with E-state index in [0.29, 0.717) is 19.4 Å². The third kappa shape index (κ3) is 4.90.